The number of benzene rings is 1. The molecule has 0 bridgehead atoms. The molecule has 1 aliphatic rings. The minimum absolute atomic E-state index is 0.0113. The van der Waals surface area contributed by atoms with Crippen molar-refractivity contribution in [2.45, 2.75) is 25.4 Å². The van der Waals surface area contributed by atoms with Gasteiger partial charge in [0.15, 0.2) is 0 Å². The predicted molar refractivity (Wildman–Crippen MR) is 126 cm³/mol. The summed E-state index contributed by atoms with van der Waals surface area (Å²) in [7, 11) is 0. The van der Waals surface area contributed by atoms with Crippen molar-refractivity contribution in [3.8, 4) is 0 Å². The third kappa shape index (κ3) is 3.94. The van der Waals surface area contributed by atoms with E-state index in [1.165, 1.54) is 11.3 Å². The third-order valence-electron chi connectivity index (χ3n) is 5.78. The second kappa shape index (κ2) is 8.69. The number of likely N-dealkylation sites (tertiary alicyclic amines) is 1. The molecule has 0 saturated carbocycles. The number of para-hydroxylation sites is 1. The molecular weight excluding hydrogens is 469 g/mol. The first kappa shape index (κ1) is 21.2. The van der Waals surface area contributed by atoms with Gasteiger partial charge in [-0.05, 0) is 37.1 Å². The van der Waals surface area contributed by atoms with Crippen molar-refractivity contribution in [1.29, 1.82) is 0 Å². The molecule has 1 saturated heterocycles. The molecule has 1 fully saturated rings. The zero-order valence-corrected chi connectivity index (χ0v) is 19.3. The summed E-state index contributed by atoms with van der Waals surface area (Å²) in [5.41, 5.74) is 1.11. The third-order valence-corrected chi connectivity index (χ3v) is 7.25. The monoisotopic (exact) mass is 487 g/mol. The average molecular weight is 488 g/mol. The van der Waals surface area contributed by atoms with Crippen molar-refractivity contribution in [1.82, 2.24) is 24.0 Å². The lowest BCUT2D eigenvalue weighted by molar-refractivity contribution is 0.0704. The molecule has 5 rings (SSSR count). The van der Waals surface area contributed by atoms with Crippen molar-refractivity contribution in [2.24, 2.45) is 0 Å². The largest absolute Gasteiger partial charge is 0.337 e. The molecule has 0 atom stereocenters. The number of amides is 1. The maximum Gasteiger partial charge on any atom is 0.309 e. The number of rotatable bonds is 4. The highest BCUT2D eigenvalue weighted by atomic mass is 35.5. The van der Waals surface area contributed by atoms with Crippen LogP contribution in [0, 0.1) is 0 Å². The van der Waals surface area contributed by atoms with Crippen LogP contribution in [-0.4, -0.2) is 43.0 Å². The Bertz CT molecular complexity index is 1350. The minimum Gasteiger partial charge on any atom is -0.337 e. The van der Waals surface area contributed by atoms with Gasteiger partial charge in [0, 0.05) is 31.4 Å². The van der Waals surface area contributed by atoms with E-state index in [9.17, 15) is 9.59 Å². The standard InChI is InChI=1S/C22H19Cl2N5O2S/c23-15-5-6-18(24)26-19(15)21(30)27-10-7-14(8-11-27)20-25-9-12-28(20)13-29-16-3-1-2-4-17(16)32-22(29)31/h1-6,9,12,14H,7-8,10-11,13H2. The lowest BCUT2D eigenvalue weighted by Crippen LogP contribution is -2.39. The van der Waals surface area contributed by atoms with Crippen LogP contribution >= 0.6 is 34.5 Å². The van der Waals surface area contributed by atoms with Crippen LogP contribution in [-0.2, 0) is 6.67 Å². The van der Waals surface area contributed by atoms with Crippen LogP contribution in [0.5, 0.6) is 0 Å². The van der Waals surface area contributed by atoms with E-state index in [4.69, 9.17) is 23.2 Å². The van der Waals surface area contributed by atoms with E-state index in [0.29, 0.717) is 24.8 Å². The highest BCUT2D eigenvalue weighted by Gasteiger charge is 2.28. The molecule has 0 aliphatic carbocycles. The zero-order chi connectivity index (χ0) is 22.2. The molecule has 4 heterocycles. The predicted octanol–water partition coefficient (Wildman–Crippen LogP) is 4.49. The maximum absolute atomic E-state index is 12.9. The minimum atomic E-state index is -0.212. The van der Waals surface area contributed by atoms with Gasteiger partial charge < -0.3 is 9.47 Å². The van der Waals surface area contributed by atoms with Crippen molar-refractivity contribution < 1.29 is 4.79 Å². The zero-order valence-electron chi connectivity index (χ0n) is 16.9. The molecular formula is C22H19Cl2N5O2S. The van der Waals surface area contributed by atoms with E-state index >= 15 is 0 Å². The summed E-state index contributed by atoms with van der Waals surface area (Å²) in [6, 6.07) is 10.9. The number of nitrogens with zero attached hydrogens (tertiary/aromatic N) is 5. The maximum atomic E-state index is 12.9. The smallest absolute Gasteiger partial charge is 0.309 e. The number of fused-ring (bicyclic) bond motifs is 1. The molecule has 1 amide bonds. The lowest BCUT2D eigenvalue weighted by atomic mass is 9.95. The summed E-state index contributed by atoms with van der Waals surface area (Å²) in [6.45, 7) is 1.56. The number of piperidine rings is 1. The van der Waals surface area contributed by atoms with Gasteiger partial charge in [0.25, 0.3) is 5.91 Å². The fourth-order valence-electron chi connectivity index (χ4n) is 4.16. The summed E-state index contributed by atoms with van der Waals surface area (Å²) in [5, 5.41) is 0.538. The molecule has 1 aliphatic heterocycles. The van der Waals surface area contributed by atoms with Crippen LogP contribution in [0.25, 0.3) is 10.2 Å². The van der Waals surface area contributed by atoms with E-state index in [2.05, 4.69) is 9.97 Å². The van der Waals surface area contributed by atoms with Gasteiger partial charge >= 0.3 is 4.87 Å². The van der Waals surface area contributed by atoms with Crippen molar-refractivity contribution >= 4 is 50.7 Å². The molecule has 3 aromatic heterocycles. The van der Waals surface area contributed by atoms with Crippen molar-refractivity contribution in [3.05, 3.63) is 80.2 Å². The van der Waals surface area contributed by atoms with Crippen LogP contribution in [0.4, 0.5) is 0 Å². The Morgan fingerprint density at radius 3 is 2.72 bits per heavy atom. The molecule has 0 unspecified atom stereocenters. The highest BCUT2D eigenvalue weighted by molar-refractivity contribution is 7.16. The molecule has 7 nitrogen and oxygen atoms in total. The molecule has 1 aromatic carbocycles. The number of thiazole rings is 1. The number of hydrogen-bond acceptors (Lipinski definition) is 5. The summed E-state index contributed by atoms with van der Waals surface area (Å²) in [5.74, 6) is 0.909. The van der Waals surface area contributed by atoms with E-state index in [0.717, 1.165) is 28.9 Å². The molecule has 0 spiro atoms. The second-order valence-corrected chi connectivity index (χ2v) is 9.48. The Hall–Kier alpha value is -2.68. The van der Waals surface area contributed by atoms with Crippen molar-refractivity contribution in [2.75, 3.05) is 13.1 Å². The Balaban J connectivity index is 1.32. The van der Waals surface area contributed by atoms with Crippen LogP contribution in [0.15, 0.2) is 53.6 Å². The molecule has 10 heteroatoms. The first-order chi connectivity index (χ1) is 15.5. The van der Waals surface area contributed by atoms with Crippen LogP contribution in [0.1, 0.15) is 35.1 Å². The number of hydrogen-bond donors (Lipinski definition) is 0. The number of imidazole rings is 1. The number of halogens is 2. The van der Waals surface area contributed by atoms with Gasteiger partial charge in [0.1, 0.15) is 23.3 Å². The van der Waals surface area contributed by atoms with Crippen molar-refractivity contribution in [3.63, 3.8) is 0 Å². The van der Waals surface area contributed by atoms with Crippen LogP contribution in [0.3, 0.4) is 0 Å². The number of pyridine rings is 1. The first-order valence-electron chi connectivity index (χ1n) is 10.2. The van der Waals surface area contributed by atoms with Gasteiger partial charge in [0.2, 0.25) is 0 Å². The Labute approximate surface area is 197 Å². The number of carbonyl (C=O) groups excluding carboxylic acids is 1. The first-order valence-corrected chi connectivity index (χ1v) is 11.8. The van der Waals surface area contributed by atoms with E-state index in [1.54, 1.807) is 27.8 Å². The second-order valence-electron chi connectivity index (χ2n) is 7.69. The summed E-state index contributed by atoms with van der Waals surface area (Å²) >= 11 is 13.3. The summed E-state index contributed by atoms with van der Waals surface area (Å²) < 4.78 is 4.77. The molecule has 32 heavy (non-hydrogen) atoms. The molecule has 4 aromatic rings. The topological polar surface area (TPSA) is 73.0 Å². The SMILES string of the molecule is O=C(c1nc(Cl)ccc1Cl)N1CCC(c2nccn2Cn2c(=O)sc3ccccc32)CC1. The lowest BCUT2D eigenvalue weighted by Gasteiger charge is -2.32. The average Bonchev–Trinajstić information content (AvgIpc) is 3.39. The number of aromatic nitrogens is 4. The quantitative estimate of drug-likeness (QED) is 0.397. The van der Waals surface area contributed by atoms with Gasteiger partial charge in [-0.15, -0.1) is 0 Å². The molecule has 164 valence electrons. The summed E-state index contributed by atoms with van der Waals surface area (Å²) in [4.78, 5) is 35.9. The van der Waals surface area contributed by atoms with E-state index in [1.807, 2.05) is 35.0 Å². The summed E-state index contributed by atoms with van der Waals surface area (Å²) in [6.07, 6.45) is 5.20. The number of carbonyl (C=O) groups is 1. The Kier molecular flexibility index (Phi) is 5.75. The van der Waals surface area contributed by atoms with Crippen LogP contribution in [0.2, 0.25) is 10.2 Å². The molecule has 0 radical (unpaired) electrons. The normalized spacial score (nSPS) is 14.9. The Morgan fingerprint density at radius 1 is 1.12 bits per heavy atom. The fourth-order valence-corrected chi connectivity index (χ4v) is 5.38. The van der Waals surface area contributed by atoms with Gasteiger partial charge in [0.05, 0.1) is 15.2 Å². The van der Waals surface area contributed by atoms with E-state index < -0.39 is 0 Å². The van der Waals surface area contributed by atoms with Crippen LogP contribution < -0.4 is 4.87 Å². The molecule has 0 N–H and O–H groups in total. The van der Waals surface area contributed by atoms with E-state index in [-0.39, 0.29) is 27.5 Å². The van der Waals surface area contributed by atoms with Gasteiger partial charge in [-0.2, -0.15) is 0 Å². The van der Waals surface area contributed by atoms with Gasteiger partial charge in [-0.3, -0.25) is 14.2 Å². The Morgan fingerprint density at radius 2 is 1.91 bits per heavy atom. The van der Waals surface area contributed by atoms with Gasteiger partial charge in [-0.1, -0.05) is 46.7 Å². The van der Waals surface area contributed by atoms with Gasteiger partial charge in [-0.25, -0.2) is 9.97 Å². The highest BCUT2D eigenvalue weighted by Crippen LogP contribution is 2.29. The fraction of sp³-hybridized carbons (Fsp3) is 0.273.